The zero-order chi connectivity index (χ0) is 17.1. The first kappa shape index (κ1) is 16.3. The lowest BCUT2D eigenvalue weighted by molar-refractivity contribution is 0.705. The largest absolute Gasteiger partial charge is 0.325 e. The van der Waals surface area contributed by atoms with Gasteiger partial charge in [-0.3, -0.25) is 0 Å². The number of aromatic nitrogens is 2. The van der Waals surface area contributed by atoms with Crippen molar-refractivity contribution in [3.05, 3.63) is 76.3 Å². The predicted molar refractivity (Wildman–Crippen MR) is 95.6 cm³/mol. The van der Waals surface area contributed by atoms with E-state index in [0.29, 0.717) is 23.8 Å². The summed E-state index contributed by atoms with van der Waals surface area (Å²) in [5, 5.41) is 9.73. The SMILES string of the molecule is Cc1c(Cl)nc(CN)n1Cc1ccc(-c2ccccc2C#N)cc1. The van der Waals surface area contributed by atoms with Crippen molar-refractivity contribution in [2.45, 2.75) is 20.0 Å². The molecule has 4 nitrogen and oxygen atoms in total. The van der Waals surface area contributed by atoms with Gasteiger partial charge in [0.2, 0.25) is 0 Å². The molecule has 2 N–H and O–H groups in total. The minimum atomic E-state index is 0.348. The maximum absolute atomic E-state index is 9.24. The highest BCUT2D eigenvalue weighted by Crippen LogP contribution is 2.24. The van der Waals surface area contributed by atoms with Crippen LogP contribution in [0.4, 0.5) is 0 Å². The number of imidazole rings is 1. The molecule has 0 amide bonds. The topological polar surface area (TPSA) is 67.6 Å². The lowest BCUT2D eigenvalue weighted by atomic mass is 9.99. The molecule has 0 saturated carbocycles. The highest BCUT2D eigenvalue weighted by atomic mass is 35.5. The Kier molecular flexibility index (Phi) is 4.66. The van der Waals surface area contributed by atoms with Gasteiger partial charge >= 0.3 is 0 Å². The van der Waals surface area contributed by atoms with Gasteiger partial charge in [0.15, 0.2) is 0 Å². The molecule has 3 aromatic rings. The van der Waals surface area contributed by atoms with E-state index in [1.54, 1.807) is 0 Å². The summed E-state index contributed by atoms with van der Waals surface area (Å²) >= 11 is 6.10. The first-order valence-corrected chi connectivity index (χ1v) is 8.02. The number of nitrogens with zero attached hydrogens (tertiary/aromatic N) is 3. The summed E-state index contributed by atoms with van der Waals surface area (Å²) in [6.45, 7) is 2.95. The second kappa shape index (κ2) is 6.88. The molecular weight excluding hydrogens is 320 g/mol. The maximum atomic E-state index is 9.24. The minimum absolute atomic E-state index is 0.348. The van der Waals surface area contributed by atoms with E-state index in [1.165, 1.54) is 0 Å². The van der Waals surface area contributed by atoms with Crippen molar-refractivity contribution in [3.63, 3.8) is 0 Å². The van der Waals surface area contributed by atoms with E-state index in [9.17, 15) is 5.26 Å². The van der Waals surface area contributed by atoms with Crippen LogP contribution in [0.5, 0.6) is 0 Å². The molecule has 1 heterocycles. The maximum Gasteiger partial charge on any atom is 0.150 e. The summed E-state index contributed by atoms with van der Waals surface area (Å²) in [6, 6.07) is 18.0. The number of halogens is 1. The van der Waals surface area contributed by atoms with Crippen molar-refractivity contribution in [1.29, 1.82) is 5.26 Å². The molecular formula is C19H17ClN4. The van der Waals surface area contributed by atoms with Crippen LogP contribution in [-0.2, 0) is 13.1 Å². The Morgan fingerprint density at radius 2 is 1.88 bits per heavy atom. The molecule has 0 atom stereocenters. The molecule has 0 spiro atoms. The fourth-order valence-corrected chi connectivity index (χ4v) is 2.93. The van der Waals surface area contributed by atoms with Gasteiger partial charge in [0.1, 0.15) is 11.0 Å². The molecule has 0 radical (unpaired) electrons. The van der Waals surface area contributed by atoms with E-state index in [2.05, 4.69) is 23.2 Å². The van der Waals surface area contributed by atoms with Gasteiger partial charge in [0.05, 0.1) is 23.9 Å². The zero-order valence-electron chi connectivity index (χ0n) is 13.3. The smallest absolute Gasteiger partial charge is 0.150 e. The molecule has 0 saturated heterocycles. The Morgan fingerprint density at radius 1 is 1.17 bits per heavy atom. The van der Waals surface area contributed by atoms with E-state index in [4.69, 9.17) is 17.3 Å². The van der Waals surface area contributed by atoms with Gasteiger partial charge in [0, 0.05) is 6.54 Å². The van der Waals surface area contributed by atoms with Crippen molar-refractivity contribution in [3.8, 4) is 17.2 Å². The Bertz CT molecular complexity index is 904. The first-order chi connectivity index (χ1) is 11.6. The van der Waals surface area contributed by atoms with Crippen LogP contribution in [0.1, 0.15) is 22.6 Å². The molecule has 5 heteroatoms. The fraction of sp³-hybridized carbons (Fsp3) is 0.158. The minimum Gasteiger partial charge on any atom is -0.325 e. The molecule has 0 bridgehead atoms. The van der Waals surface area contributed by atoms with E-state index in [-0.39, 0.29) is 0 Å². The number of rotatable bonds is 4. The molecule has 24 heavy (non-hydrogen) atoms. The molecule has 0 aliphatic rings. The molecule has 0 aliphatic heterocycles. The second-order valence-electron chi connectivity index (χ2n) is 5.55. The van der Waals surface area contributed by atoms with Crippen molar-refractivity contribution < 1.29 is 0 Å². The van der Waals surface area contributed by atoms with E-state index < -0.39 is 0 Å². The van der Waals surface area contributed by atoms with Crippen molar-refractivity contribution in [2.75, 3.05) is 0 Å². The van der Waals surface area contributed by atoms with Crippen molar-refractivity contribution >= 4 is 11.6 Å². The van der Waals surface area contributed by atoms with Gasteiger partial charge in [-0.15, -0.1) is 0 Å². The van der Waals surface area contributed by atoms with E-state index >= 15 is 0 Å². The quantitative estimate of drug-likeness (QED) is 0.785. The van der Waals surface area contributed by atoms with Crippen LogP contribution in [0.25, 0.3) is 11.1 Å². The normalized spacial score (nSPS) is 10.6. The summed E-state index contributed by atoms with van der Waals surface area (Å²) in [6.07, 6.45) is 0. The Hall–Kier alpha value is -2.61. The summed E-state index contributed by atoms with van der Waals surface area (Å²) in [5.41, 5.74) is 10.4. The molecule has 0 fully saturated rings. The first-order valence-electron chi connectivity index (χ1n) is 7.64. The molecule has 120 valence electrons. The van der Waals surface area contributed by atoms with Crippen LogP contribution in [0.15, 0.2) is 48.5 Å². The van der Waals surface area contributed by atoms with Gasteiger partial charge in [-0.2, -0.15) is 5.26 Å². The lowest BCUT2D eigenvalue weighted by Crippen LogP contribution is -2.10. The highest BCUT2D eigenvalue weighted by molar-refractivity contribution is 6.30. The average Bonchev–Trinajstić information content (AvgIpc) is 2.90. The molecule has 0 unspecified atom stereocenters. The Labute approximate surface area is 146 Å². The van der Waals surface area contributed by atoms with Gasteiger partial charge in [0.25, 0.3) is 0 Å². The summed E-state index contributed by atoms with van der Waals surface area (Å²) < 4.78 is 2.03. The lowest BCUT2D eigenvalue weighted by Gasteiger charge is -2.10. The summed E-state index contributed by atoms with van der Waals surface area (Å²) in [7, 11) is 0. The van der Waals surface area contributed by atoms with Gasteiger partial charge in [-0.25, -0.2) is 4.98 Å². The van der Waals surface area contributed by atoms with Crippen LogP contribution in [0.3, 0.4) is 0 Å². The van der Waals surface area contributed by atoms with Crippen LogP contribution in [0.2, 0.25) is 5.15 Å². The third-order valence-corrected chi connectivity index (χ3v) is 4.44. The van der Waals surface area contributed by atoms with Gasteiger partial charge in [-0.1, -0.05) is 54.1 Å². The van der Waals surface area contributed by atoms with Gasteiger partial charge < -0.3 is 10.3 Å². The molecule has 0 aliphatic carbocycles. The Morgan fingerprint density at radius 3 is 2.54 bits per heavy atom. The van der Waals surface area contributed by atoms with Crippen LogP contribution >= 0.6 is 11.6 Å². The van der Waals surface area contributed by atoms with Crippen LogP contribution in [-0.4, -0.2) is 9.55 Å². The van der Waals surface area contributed by atoms with Crippen molar-refractivity contribution in [2.24, 2.45) is 5.73 Å². The average molecular weight is 337 g/mol. The fourth-order valence-electron chi connectivity index (χ4n) is 2.73. The number of benzene rings is 2. The van der Waals surface area contributed by atoms with Crippen LogP contribution < -0.4 is 5.73 Å². The summed E-state index contributed by atoms with van der Waals surface area (Å²) in [5.74, 6) is 0.774. The second-order valence-corrected chi connectivity index (χ2v) is 5.91. The Balaban J connectivity index is 1.90. The number of nitriles is 1. The van der Waals surface area contributed by atoms with E-state index in [0.717, 1.165) is 28.2 Å². The third-order valence-electron chi connectivity index (χ3n) is 4.08. The number of nitrogens with two attached hydrogens (primary N) is 1. The predicted octanol–water partition coefficient (Wildman–Crippen LogP) is 3.89. The highest BCUT2D eigenvalue weighted by Gasteiger charge is 2.11. The molecule has 3 rings (SSSR count). The van der Waals surface area contributed by atoms with Crippen LogP contribution in [0, 0.1) is 18.3 Å². The number of hydrogen-bond acceptors (Lipinski definition) is 3. The van der Waals surface area contributed by atoms with E-state index in [1.807, 2.05) is 47.9 Å². The number of hydrogen-bond donors (Lipinski definition) is 1. The summed E-state index contributed by atoms with van der Waals surface area (Å²) in [4.78, 5) is 4.28. The molecule has 1 aromatic heterocycles. The van der Waals surface area contributed by atoms with Crippen molar-refractivity contribution in [1.82, 2.24) is 9.55 Å². The van der Waals surface area contributed by atoms with Gasteiger partial charge in [-0.05, 0) is 29.7 Å². The zero-order valence-corrected chi connectivity index (χ0v) is 14.1. The monoisotopic (exact) mass is 336 g/mol. The third kappa shape index (κ3) is 3.05. The standard InChI is InChI=1S/C19H17ClN4/c1-13-19(20)23-18(11-22)24(13)12-14-6-8-15(9-7-14)17-5-3-2-4-16(17)10-21/h2-9H,11-12,22H2,1H3. The molecule has 2 aromatic carbocycles.